The van der Waals surface area contributed by atoms with Crippen molar-refractivity contribution in [3.8, 4) is 0 Å². The van der Waals surface area contributed by atoms with Gasteiger partial charge in [-0.25, -0.2) is 0 Å². The van der Waals surface area contributed by atoms with E-state index in [1.807, 2.05) is 24.3 Å². The summed E-state index contributed by atoms with van der Waals surface area (Å²) in [6.45, 7) is 0. The van der Waals surface area contributed by atoms with Crippen molar-refractivity contribution in [3.05, 3.63) is 45.0 Å². The van der Waals surface area contributed by atoms with Gasteiger partial charge in [0, 0.05) is 11.9 Å². The van der Waals surface area contributed by atoms with Gasteiger partial charge in [0.1, 0.15) is 10.6 Å². The molecular weight excluding hydrogens is 238 g/mol. The van der Waals surface area contributed by atoms with Crippen LogP contribution in [0.3, 0.4) is 0 Å². The lowest BCUT2D eigenvalue weighted by Gasteiger charge is -2.19. The van der Waals surface area contributed by atoms with Crippen LogP contribution in [-0.2, 0) is 7.05 Å². The van der Waals surface area contributed by atoms with E-state index in [2.05, 4.69) is 10.4 Å². The molecular formula is C11H9N3O2S. The van der Waals surface area contributed by atoms with Gasteiger partial charge in [-0.1, -0.05) is 23.9 Å². The van der Waals surface area contributed by atoms with Crippen LogP contribution in [-0.4, -0.2) is 9.78 Å². The minimum atomic E-state index is -0.288. The second-order valence-electron chi connectivity index (χ2n) is 3.73. The first-order valence-corrected chi connectivity index (χ1v) is 5.85. The van der Waals surface area contributed by atoms with Crippen molar-refractivity contribution < 1.29 is 0 Å². The van der Waals surface area contributed by atoms with Gasteiger partial charge in [-0.15, -0.1) is 0 Å². The molecule has 2 aromatic rings. The molecule has 17 heavy (non-hydrogen) atoms. The molecule has 0 bridgehead atoms. The Morgan fingerprint density at radius 3 is 2.82 bits per heavy atom. The summed E-state index contributed by atoms with van der Waals surface area (Å²) < 4.78 is 1.20. The fourth-order valence-electron chi connectivity index (χ4n) is 1.73. The largest absolute Gasteiger partial charge is 0.349 e. The van der Waals surface area contributed by atoms with Gasteiger partial charge in [0.2, 0.25) is 0 Å². The molecule has 1 aliphatic rings. The summed E-state index contributed by atoms with van der Waals surface area (Å²) >= 11 is 1.32. The summed E-state index contributed by atoms with van der Waals surface area (Å²) in [7, 11) is 1.53. The Labute approximate surface area is 100 Å². The number of H-pyrrole nitrogens is 1. The van der Waals surface area contributed by atoms with Crippen LogP contribution in [0.25, 0.3) is 0 Å². The van der Waals surface area contributed by atoms with Crippen molar-refractivity contribution in [2.24, 2.45) is 7.05 Å². The van der Waals surface area contributed by atoms with Crippen molar-refractivity contribution in [2.75, 3.05) is 5.32 Å². The van der Waals surface area contributed by atoms with Crippen LogP contribution >= 0.6 is 11.8 Å². The third kappa shape index (κ3) is 1.49. The molecule has 0 amide bonds. The molecule has 0 aliphatic carbocycles. The van der Waals surface area contributed by atoms with Gasteiger partial charge in [0.15, 0.2) is 0 Å². The summed E-state index contributed by atoms with van der Waals surface area (Å²) in [5.41, 5.74) is 0.691. The van der Waals surface area contributed by atoms with E-state index in [-0.39, 0.29) is 11.1 Å². The van der Waals surface area contributed by atoms with Crippen LogP contribution in [0.4, 0.5) is 11.4 Å². The molecule has 2 heterocycles. The molecule has 86 valence electrons. The molecule has 1 aliphatic heterocycles. The standard InChI is InChI=1S/C11H9N3O2S/c1-14-11(16)9-8(10(15)13-14)12-6-4-2-3-5-7(6)17-9/h2-5,12H,1H3,(H,13,15). The highest BCUT2D eigenvalue weighted by atomic mass is 32.2. The number of benzene rings is 1. The molecule has 3 rings (SSSR count). The lowest BCUT2D eigenvalue weighted by atomic mass is 10.3. The summed E-state index contributed by atoms with van der Waals surface area (Å²) in [5.74, 6) is 0. The second kappa shape index (κ2) is 3.53. The van der Waals surface area contributed by atoms with E-state index in [0.717, 1.165) is 10.6 Å². The Morgan fingerprint density at radius 2 is 2.00 bits per heavy atom. The molecule has 1 aromatic heterocycles. The molecule has 0 fully saturated rings. The number of hydrogen-bond donors (Lipinski definition) is 2. The van der Waals surface area contributed by atoms with E-state index in [9.17, 15) is 9.59 Å². The number of nitrogens with one attached hydrogen (secondary N) is 2. The highest BCUT2D eigenvalue weighted by Gasteiger charge is 2.21. The summed E-state index contributed by atoms with van der Waals surface area (Å²) in [4.78, 5) is 25.0. The van der Waals surface area contributed by atoms with E-state index in [0.29, 0.717) is 10.6 Å². The SMILES string of the molecule is Cn1[nH]c(=O)c2c(c1=O)Sc1ccccc1N2. The Hall–Kier alpha value is -1.95. The molecule has 0 atom stereocenters. The molecule has 2 N–H and O–H groups in total. The first-order chi connectivity index (χ1) is 8.16. The summed E-state index contributed by atoms with van der Waals surface area (Å²) in [5, 5.41) is 5.47. The van der Waals surface area contributed by atoms with E-state index < -0.39 is 0 Å². The normalized spacial score (nSPS) is 12.5. The molecule has 0 saturated heterocycles. The average Bonchev–Trinajstić information content (AvgIpc) is 2.34. The van der Waals surface area contributed by atoms with Gasteiger partial charge in [-0.2, -0.15) is 0 Å². The lowest BCUT2D eigenvalue weighted by Crippen LogP contribution is -2.31. The van der Waals surface area contributed by atoms with Crippen LogP contribution in [0.1, 0.15) is 0 Å². The number of fused-ring (bicyclic) bond motifs is 2. The Bertz CT molecular complexity index is 717. The molecule has 0 unspecified atom stereocenters. The van der Waals surface area contributed by atoms with Crippen molar-refractivity contribution in [2.45, 2.75) is 9.79 Å². The van der Waals surface area contributed by atoms with Gasteiger partial charge in [-0.3, -0.25) is 19.4 Å². The van der Waals surface area contributed by atoms with Crippen molar-refractivity contribution >= 4 is 23.1 Å². The van der Waals surface area contributed by atoms with Crippen molar-refractivity contribution in [1.82, 2.24) is 9.78 Å². The second-order valence-corrected chi connectivity index (χ2v) is 4.78. The minimum Gasteiger partial charge on any atom is -0.349 e. The predicted octanol–water partition coefficient (Wildman–Crippen LogP) is 1.28. The fourth-order valence-corrected chi connectivity index (χ4v) is 2.80. The Morgan fingerprint density at radius 1 is 1.24 bits per heavy atom. The van der Waals surface area contributed by atoms with Crippen LogP contribution in [0.2, 0.25) is 0 Å². The van der Waals surface area contributed by atoms with Gasteiger partial charge < -0.3 is 5.32 Å². The third-order valence-corrected chi connectivity index (χ3v) is 3.74. The third-order valence-electron chi connectivity index (χ3n) is 2.58. The topological polar surface area (TPSA) is 66.9 Å². The number of nitrogens with zero attached hydrogens (tertiary/aromatic N) is 1. The molecule has 6 heteroatoms. The van der Waals surface area contributed by atoms with Crippen LogP contribution in [0, 0.1) is 0 Å². The number of anilines is 2. The zero-order valence-electron chi connectivity index (χ0n) is 8.98. The smallest absolute Gasteiger partial charge is 0.287 e. The number of rotatable bonds is 0. The number of aromatic amines is 1. The number of hydrogen-bond acceptors (Lipinski definition) is 4. The van der Waals surface area contributed by atoms with E-state index in [1.165, 1.54) is 23.5 Å². The minimum absolute atomic E-state index is 0.202. The van der Waals surface area contributed by atoms with E-state index >= 15 is 0 Å². The molecule has 0 radical (unpaired) electrons. The maximum absolute atomic E-state index is 11.9. The van der Waals surface area contributed by atoms with Crippen molar-refractivity contribution in [1.29, 1.82) is 0 Å². The first-order valence-electron chi connectivity index (χ1n) is 5.04. The zero-order chi connectivity index (χ0) is 12.0. The number of aromatic nitrogens is 2. The average molecular weight is 247 g/mol. The lowest BCUT2D eigenvalue weighted by molar-refractivity contribution is 0.675. The Balaban J connectivity index is 2.28. The first kappa shape index (κ1) is 10.2. The quantitative estimate of drug-likeness (QED) is 0.628. The number of aryl methyl sites for hydroxylation is 1. The maximum Gasteiger partial charge on any atom is 0.287 e. The Kier molecular flexibility index (Phi) is 2.12. The number of para-hydroxylation sites is 1. The summed E-state index contributed by atoms with van der Waals surface area (Å²) in [6.07, 6.45) is 0. The highest BCUT2D eigenvalue weighted by Crippen LogP contribution is 2.40. The van der Waals surface area contributed by atoms with Gasteiger partial charge in [0.05, 0.1) is 5.69 Å². The van der Waals surface area contributed by atoms with Crippen molar-refractivity contribution in [3.63, 3.8) is 0 Å². The van der Waals surface area contributed by atoms with E-state index in [1.54, 1.807) is 0 Å². The molecule has 0 spiro atoms. The monoisotopic (exact) mass is 247 g/mol. The zero-order valence-corrected chi connectivity index (χ0v) is 9.80. The predicted molar refractivity (Wildman–Crippen MR) is 66.2 cm³/mol. The van der Waals surface area contributed by atoms with Gasteiger partial charge in [-0.05, 0) is 12.1 Å². The van der Waals surface area contributed by atoms with Crippen LogP contribution in [0.15, 0.2) is 43.6 Å². The van der Waals surface area contributed by atoms with Gasteiger partial charge >= 0.3 is 0 Å². The van der Waals surface area contributed by atoms with Crippen LogP contribution < -0.4 is 16.4 Å². The van der Waals surface area contributed by atoms with Gasteiger partial charge in [0.25, 0.3) is 11.1 Å². The van der Waals surface area contributed by atoms with E-state index in [4.69, 9.17) is 0 Å². The fraction of sp³-hybridized carbons (Fsp3) is 0.0909. The summed E-state index contributed by atoms with van der Waals surface area (Å²) in [6, 6.07) is 7.57. The highest BCUT2D eigenvalue weighted by molar-refractivity contribution is 7.99. The molecule has 0 saturated carbocycles. The molecule has 5 nitrogen and oxygen atoms in total. The maximum atomic E-state index is 11.9. The molecule has 1 aromatic carbocycles. The van der Waals surface area contributed by atoms with Crippen LogP contribution in [0.5, 0.6) is 0 Å².